The van der Waals surface area contributed by atoms with Crippen molar-refractivity contribution in [2.45, 2.75) is 6.54 Å². The molecule has 0 atom stereocenters. The van der Waals surface area contributed by atoms with Crippen molar-refractivity contribution in [3.05, 3.63) is 70.5 Å². The van der Waals surface area contributed by atoms with Crippen molar-refractivity contribution in [2.24, 2.45) is 0 Å². The number of anilines is 1. The second-order valence-electron chi connectivity index (χ2n) is 5.80. The zero-order chi connectivity index (χ0) is 20.3. The molecular formula is C19H16FN3O5. The predicted molar refractivity (Wildman–Crippen MR) is 97.3 cm³/mol. The van der Waals surface area contributed by atoms with E-state index >= 15 is 0 Å². The Balaban J connectivity index is 1.83. The first-order valence-electron chi connectivity index (χ1n) is 8.18. The number of rotatable bonds is 5. The molecule has 9 heteroatoms. The number of esters is 1. The van der Waals surface area contributed by atoms with Gasteiger partial charge in [-0.15, -0.1) is 5.10 Å². The minimum atomic E-state index is -0.831. The van der Waals surface area contributed by atoms with Gasteiger partial charge in [-0.3, -0.25) is 4.79 Å². The molecule has 0 radical (unpaired) electrons. The van der Waals surface area contributed by atoms with E-state index in [9.17, 15) is 18.8 Å². The molecule has 3 rings (SSSR count). The maximum absolute atomic E-state index is 13.0. The number of para-hydroxylation sites is 1. The van der Waals surface area contributed by atoms with Crippen molar-refractivity contribution in [1.82, 2.24) is 9.78 Å². The highest BCUT2D eigenvalue weighted by molar-refractivity contribution is 6.02. The zero-order valence-corrected chi connectivity index (χ0v) is 15.1. The van der Waals surface area contributed by atoms with Gasteiger partial charge in [0.05, 0.1) is 18.4 Å². The van der Waals surface area contributed by atoms with E-state index < -0.39 is 30.0 Å². The fraction of sp³-hybridized carbons (Fsp3) is 0.158. The van der Waals surface area contributed by atoms with Crippen molar-refractivity contribution in [2.75, 3.05) is 19.1 Å². The highest BCUT2D eigenvalue weighted by atomic mass is 19.1. The molecule has 0 aliphatic heterocycles. The average Bonchev–Trinajstić information content (AvgIpc) is 3.07. The Bertz CT molecular complexity index is 1070. The van der Waals surface area contributed by atoms with Gasteiger partial charge in [0.1, 0.15) is 12.4 Å². The highest BCUT2D eigenvalue weighted by Gasteiger charge is 2.21. The van der Waals surface area contributed by atoms with Crippen molar-refractivity contribution in [3.63, 3.8) is 0 Å². The van der Waals surface area contributed by atoms with Crippen LogP contribution in [0.1, 0.15) is 10.4 Å². The molecule has 0 saturated carbocycles. The molecule has 0 N–H and O–H groups in total. The van der Waals surface area contributed by atoms with E-state index in [1.807, 2.05) is 0 Å². The average molecular weight is 385 g/mol. The van der Waals surface area contributed by atoms with Gasteiger partial charge in [-0.2, -0.15) is 4.68 Å². The summed E-state index contributed by atoms with van der Waals surface area (Å²) in [5, 5.41) is 3.98. The molecule has 3 aromatic rings. The smallest absolute Gasteiger partial charge is 0.437 e. The van der Waals surface area contributed by atoms with Gasteiger partial charge in [-0.1, -0.05) is 12.1 Å². The van der Waals surface area contributed by atoms with Crippen LogP contribution in [0.25, 0.3) is 11.5 Å². The summed E-state index contributed by atoms with van der Waals surface area (Å²) in [6, 6.07) is 11.6. The van der Waals surface area contributed by atoms with Crippen molar-refractivity contribution in [1.29, 1.82) is 0 Å². The van der Waals surface area contributed by atoms with Gasteiger partial charge in [0.15, 0.2) is 0 Å². The van der Waals surface area contributed by atoms with Crippen LogP contribution in [0.5, 0.6) is 0 Å². The van der Waals surface area contributed by atoms with Gasteiger partial charge < -0.3 is 14.1 Å². The molecule has 0 unspecified atom stereocenters. The number of amides is 1. The summed E-state index contributed by atoms with van der Waals surface area (Å²) in [7, 11) is 2.71. The second-order valence-corrected chi connectivity index (χ2v) is 5.80. The van der Waals surface area contributed by atoms with Crippen LogP contribution in [0.2, 0.25) is 0 Å². The van der Waals surface area contributed by atoms with E-state index in [-0.39, 0.29) is 11.5 Å². The molecule has 2 aromatic carbocycles. The first-order valence-corrected chi connectivity index (χ1v) is 8.18. The highest BCUT2D eigenvalue weighted by Crippen LogP contribution is 2.20. The number of hydrogen-bond donors (Lipinski definition) is 0. The summed E-state index contributed by atoms with van der Waals surface area (Å²) >= 11 is 0. The van der Waals surface area contributed by atoms with Crippen molar-refractivity contribution in [3.8, 4) is 11.5 Å². The van der Waals surface area contributed by atoms with Crippen LogP contribution >= 0.6 is 0 Å². The first kappa shape index (κ1) is 19.0. The van der Waals surface area contributed by atoms with Crippen LogP contribution in [-0.2, 0) is 16.1 Å². The molecule has 8 nitrogen and oxygen atoms in total. The molecule has 144 valence electrons. The number of carbonyl (C=O) groups excluding carboxylic acids is 2. The monoisotopic (exact) mass is 385 g/mol. The Kier molecular flexibility index (Phi) is 5.35. The third kappa shape index (κ3) is 3.83. The van der Waals surface area contributed by atoms with Gasteiger partial charge in [0, 0.05) is 12.6 Å². The molecule has 0 aliphatic carbocycles. The number of benzene rings is 2. The Morgan fingerprint density at radius 2 is 1.86 bits per heavy atom. The van der Waals surface area contributed by atoms with E-state index in [1.165, 1.54) is 49.4 Å². The molecule has 0 fully saturated rings. The fourth-order valence-electron chi connectivity index (χ4n) is 2.53. The van der Waals surface area contributed by atoms with Crippen LogP contribution in [-0.4, -0.2) is 35.8 Å². The maximum atomic E-state index is 13.0. The number of ether oxygens (including phenoxy) is 1. The lowest BCUT2D eigenvalue weighted by Gasteiger charge is -2.19. The molecular weight excluding hydrogens is 369 g/mol. The number of nitrogens with zero attached hydrogens (tertiary/aromatic N) is 3. The lowest BCUT2D eigenvalue weighted by atomic mass is 10.1. The molecule has 1 aromatic heterocycles. The third-order valence-corrected chi connectivity index (χ3v) is 4.03. The molecule has 0 spiro atoms. The topological polar surface area (TPSA) is 94.6 Å². The van der Waals surface area contributed by atoms with E-state index in [0.717, 1.165) is 4.68 Å². The minimum Gasteiger partial charge on any atom is -0.465 e. The molecule has 1 heterocycles. The van der Waals surface area contributed by atoms with Gasteiger partial charge in [-0.25, -0.2) is 14.0 Å². The summed E-state index contributed by atoms with van der Waals surface area (Å²) in [5.41, 5.74) is 0.934. The fourth-order valence-corrected chi connectivity index (χ4v) is 2.53. The van der Waals surface area contributed by atoms with E-state index in [2.05, 4.69) is 5.10 Å². The summed E-state index contributed by atoms with van der Waals surface area (Å²) in [6.07, 6.45) is 0. The Morgan fingerprint density at radius 3 is 2.54 bits per heavy atom. The Morgan fingerprint density at radius 1 is 1.18 bits per heavy atom. The Hall–Kier alpha value is -3.75. The summed E-state index contributed by atoms with van der Waals surface area (Å²) in [6.45, 7) is -0.407. The van der Waals surface area contributed by atoms with E-state index in [4.69, 9.17) is 9.15 Å². The minimum absolute atomic E-state index is 0.0320. The predicted octanol–water partition coefficient (Wildman–Crippen LogP) is 2.09. The quantitative estimate of drug-likeness (QED) is 0.624. The Labute approximate surface area is 158 Å². The summed E-state index contributed by atoms with van der Waals surface area (Å²) in [5.74, 6) is -2.39. The van der Waals surface area contributed by atoms with Crippen LogP contribution < -0.4 is 10.7 Å². The van der Waals surface area contributed by atoms with Crippen LogP contribution in [0, 0.1) is 5.82 Å². The van der Waals surface area contributed by atoms with Crippen molar-refractivity contribution >= 4 is 17.6 Å². The van der Waals surface area contributed by atoms with Crippen molar-refractivity contribution < 1.29 is 23.1 Å². The van der Waals surface area contributed by atoms with Gasteiger partial charge in [-0.05, 0) is 36.4 Å². The molecule has 1 amide bonds. The standard InChI is InChI=1S/C19H16FN3O5/c1-22(15-6-4-3-5-14(15)18(25)27-2)16(24)11-23-19(26)28-17(21-23)12-7-9-13(20)10-8-12/h3-10H,11H2,1-2H3. The number of hydrogen-bond acceptors (Lipinski definition) is 6. The lowest BCUT2D eigenvalue weighted by molar-refractivity contribution is -0.119. The largest absolute Gasteiger partial charge is 0.465 e. The third-order valence-electron chi connectivity index (χ3n) is 4.03. The normalized spacial score (nSPS) is 10.5. The summed E-state index contributed by atoms with van der Waals surface area (Å²) in [4.78, 5) is 37.7. The first-order chi connectivity index (χ1) is 13.4. The van der Waals surface area contributed by atoms with Gasteiger partial charge in [0.25, 0.3) is 0 Å². The molecule has 0 saturated heterocycles. The van der Waals surface area contributed by atoms with E-state index in [0.29, 0.717) is 11.3 Å². The summed E-state index contributed by atoms with van der Waals surface area (Å²) < 4.78 is 23.6. The number of likely N-dealkylation sites (N-methyl/N-ethyl adjacent to an activating group) is 1. The molecule has 0 bridgehead atoms. The SMILES string of the molecule is COC(=O)c1ccccc1N(C)C(=O)Cn1nc(-c2ccc(F)cc2)oc1=O. The van der Waals surface area contributed by atoms with Crippen LogP contribution in [0.15, 0.2) is 57.7 Å². The second kappa shape index (κ2) is 7.87. The number of carbonyl (C=O) groups is 2. The van der Waals surface area contributed by atoms with E-state index in [1.54, 1.807) is 18.2 Å². The maximum Gasteiger partial charge on any atom is 0.437 e. The zero-order valence-electron chi connectivity index (χ0n) is 15.1. The lowest BCUT2D eigenvalue weighted by Crippen LogP contribution is -2.34. The molecule has 0 aliphatic rings. The van der Waals surface area contributed by atoms with Gasteiger partial charge in [0.2, 0.25) is 11.8 Å². The van der Waals surface area contributed by atoms with Crippen LogP contribution in [0.4, 0.5) is 10.1 Å². The number of aromatic nitrogens is 2. The van der Waals surface area contributed by atoms with Crippen LogP contribution in [0.3, 0.4) is 0 Å². The number of halogens is 1. The van der Waals surface area contributed by atoms with Gasteiger partial charge >= 0.3 is 11.7 Å². The molecule has 28 heavy (non-hydrogen) atoms. The number of methoxy groups -OCH3 is 1.